The van der Waals surface area contributed by atoms with Crippen LogP contribution >= 0.6 is 11.3 Å². The number of thiophene rings is 1. The molecule has 3 heterocycles. The number of rotatable bonds is 6. The zero-order valence-corrected chi connectivity index (χ0v) is 19.0. The Kier molecular flexibility index (Phi) is 5.51. The third-order valence-corrected chi connectivity index (χ3v) is 7.40. The normalized spacial score (nSPS) is 14.3. The Balaban J connectivity index is 1.26. The molecule has 0 unspecified atom stereocenters. The van der Waals surface area contributed by atoms with Gasteiger partial charge in [-0.15, -0.1) is 11.3 Å². The number of hydrogen-bond donors (Lipinski definition) is 0. The lowest BCUT2D eigenvalue weighted by Gasteiger charge is -2.11. The highest BCUT2D eigenvalue weighted by Gasteiger charge is 2.21. The summed E-state index contributed by atoms with van der Waals surface area (Å²) >= 11 is 1.50. The van der Waals surface area contributed by atoms with Gasteiger partial charge in [0.2, 0.25) is 12.6 Å². The van der Waals surface area contributed by atoms with E-state index in [1.807, 2.05) is 44.2 Å². The monoisotopic (exact) mass is 451 g/mol. The molecule has 0 amide bonds. The maximum absolute atomic E-state index is 12.8. The molecule has 6 nitrogen and oxygen atoms in total. The number of aryl methyl sites for hydroxylation is 3. The van der Waals surface area contributed by atoms with Crippen molar-refractivity contribution in [3.05, 3.63) is 68.2 Å². The highest BCUT2D eigenvalue weighted by Crippen LogP contribution is 2.33. The van der Waals surface area contributed by atoms with E-state index < -0.39 is 5.97 Å². The van der Waals surface area contributed by atoms with Crippen molar-refractivity contribution < 1.29 is 23.8 Å². The van der Waals surface area contributed by atoms with Gasteiger partial charge in [0.15, 0.2) is 18.1 Å². The van der Waals surface area contributed by atoms with E-state index in [1.165, 1.54) is 34.6 Å². The van der Waals surface area contributed by atoms with Crippen molar-refractivity contribution >= 4 is 23.1 Å². The summed E-state index contributed by atoms with van der Waals surface area (Å²) < 4.78 is 18.3. The Labute approximate surface area is 190 Å². The van der Waals surface area contributed by atoms with Crippen LogP contribution in [0.15, 0.2) is 30.3 Å². The lowest BCUT2D eigenvalue weighted by atomic mass is 9.99. The lowest BCUT2D eigenvalue weighted by molar-refractivity contribution is 0.0479. The summed E-state index contributed by atoms with van der Waals surface area (Å²) in [6.45, 7) is 4.49. The number of benzene rings is 1. The molecule has 5 rings (SSSR count). The summed E-state index contributed by atoms with van der Waals surface area (Å²) in [7, 11) is 0. The van der Waals surface area contributed by atoms with Gasteiger partial charge >= 0.3 is 5.97 Å². The highest BCUT2D eigenvalue weighted by atomic mass is 32.1. The lowest BCUT2D eigenvalue weighted by Crippen LogP contribution is -2.14. The van der Waals surface area contributed by atoms with Crippen LogP contribution < -0.4 is 9.47 Å². The average molecular weight is 452 g/mol. The SMILES string of the molecule is Cc1cc(C(=O)COC(=O)c2cc3c(s2)CCCC3)c(C)n1Cc1ccc2c(c1)OCO2. The second-order valence-electron chi connectivity index (χ2n) is 8.32. The van der Waals surface area contributed by atoms with Crippen LogP contribution in [0.3, 0.4) is 0 Å². The predicted molar refractivity (Wildman–Crippen MR) is 121 cm³/mol. The molecule has 32 heavy (non-hydrogen) atoms. The average Bonchev–Trinajstić information content (AvgIpc) is 3.50. The summed E-state index contributed by atoms with van der Waals surface area (Å²) in [5, 5.41) is 0. The molecular weight excluding hydrogens is 426 g/mol. The third kappa shape index (κ3) is 3.93. The summed E-state index contributed by atoms with van der Waals surface area (Å²) in [5.41, 5.74) is 4.73. The van der Waals surface area contributed by atoms with E-state index in [0.29, 0.717) is 17.0 Å². The Morgan fingerprint density at radius 1 is 1.06 bits per heavy atom. The fraction of sp³-hybridized carbons (Fsp3) is 0.360. The Bertz CT molecular complexity index is 1180. The number of aromatic nitrogens is 1. The van der Waals surface area contributed by atoms with Gasteiger partial charge in [0.25, 0.3) is 0 Å². The van der Waals surface area contributed by atoms with Crippen LogP contribution in [-0.4, -0.2) is 29.7 Å². The molecule has 0 fully saturated rings. The van der Waals surface area contributed by atoms with Crippen LogP contribution in [0.5, 0.6) is 11.5 Å². The number of hydrogen-bond acceptors (Lipinski definition) is 6. The van der Waals surface area contributed by atoms with Crippen molar-refractivity contribution in [2.75, 3.05) is 13.4 Å². The minimum atomic E-state index is -0.410. The Morgan fingerprint density at radius 3 is 2.72 bits per heavy atom. The van der Waals surface area contributed by atoms with E-state index in [2.05, 4.69) is 4.57 Å². The Morgan fingerprint density at radius 2 is 1.88 bits per heavy atom. The van der Waals surface area contributed by atoms with E-state index in [4.69, 9.17) is 14.2 Å². The zero-order valence-electron chi connectivity index (χ0n) is 18.2. The summed E-state index contributed by atoms with van der Waals surface area (Å²) in [4.78, 5) is 27.2. The van der Waals surface area contributed by atoms with Gasteiger partial charge in [0.05, 0.1) is 0 Å². The van der Waals surface area contributed by atoms with Crippen LogP contribution in [0.1, 0.15) is 60.3 Å². The highest BCUT2D eigenvalue weighted by molar-refractivity contribution is 7.14. The number of nitrogens with zero attached hydrogens (tertiary/aromatic N) is 1. The third-order valence-electron chi connectivity index (χ3n) is 6.18. The summed E-state index contributed by atoms with van der Waals surface area (Å²) in [6.07, 6.45) is 4.38. The van der Waals surface area contributed by atoms with Crippen LogP contribution in [0, 0.1) is 13.8 Å². The number of ether oxygens (including phenoxy) is 3. The first-order valence-corrected chi connectivity index (χ1v) is 11.7. The fourth-order valence-corrected chi connectivity index (χ4v) is 5.57. The van der Waals surface area contributed by atoms with Gasteiger partial charge in [-0.05, 0) is 74.9 Å². The standard InChI is InChI=1S/C25H25NO5S/c1-15-9-19(16(2)26(15)12-17-7-8-21-22(10-17)31-14-30-21)20(27)13-29-25(28)24-11-18-5-3-4-6-23(18)32-24/h7-11H,3-6,12-14H2,1-2H3. The van der Waals surface area contributed by atoms with Crippen LogP contribution in [-0.2, 0) is 24.1 Å². The molecule has 0 atom stereocenters. The largest absolute Gasteiger partial charge is 0.454 e. The quantitative estimate of drug-likeness (QED) is 0.395. The molecule has 1 aliphatic heterocycles. The molecule has 166 valence electrons. The van der Waals surface area contributed by atoms with Crippen molar-refractivity contribution in [3.63, 3.8) is 0 Å². The molecule has 2 aromatic heterocycles. The van der Waals surface area contributed by atoms with E-state index in [-0.39, 0.29) is 19.2 Å². The maximum Gasteiger partial charge on any atom is 0.348 e. The predicted octanol–water partition coefficient (Wildman–Crippen LogP) is 4.86. The van der Waals surface area contributed by atoms with E-state index in [9.17, 15) is 9.59 Å². The minimum absolute atomic E-state index is 0.190. The van der Waals surface area contributed by atoms with Crippen LogP contribution in [0.4, 0.5) is 0 Å². The number of carbonyl (C=O) groups is 2. The van der Waals surface area contributed by atoms with Gasteiger partial charge in [0, 0.05) is 28.4 Å². The van der Waals surface area contributed by atoms with E-state index in [0.717, 1.165) is 41.3 Å². The van der Waals surface area contributed by atoms with E-state index >= 15 is 0 Å². The topological polar surface area (TPSA) is 66.8 Å². The van der Waals surface area contributed by atoms with Crippen molar-refractivity contribution in [2.24, 2.45) is 0 Å². The molecule has 0 spiro atoms. The molecule has 1 aliphatic carbocycles. The first-order chi connectivity index (χ1) is 15.5. The molecule has 2 aliphatic rings. The number of ketones is 1. The number of fused-ring (bicyclic) bond motifs is 2. The van der Waals surface area contributed by atoms with Crippen LogP contribution in [0.25, 0.3) is 0 Å². The summed E-state index contributed by atoms with van der Waals surface area (Å²) in [6, 6.07) is 9.66. The molecule has 0 saturated heterocycles. The number of carbonyl (C=O) groups excluding carboxylic acids is 2. The molecular formula is C25H25NO5S. The number of Topliss-reactive ketones (excluding diaryl/α,β-unsaturated/α-hetero) is 1. The number of esters is 1. The second-order valence-corrected chi connectivity index (χ2v) is 9.46. The molecule has 0 bridgehead atoms. The summed E-state index contributed by atoms with van der Waals surface area (Å²) in [5.74, 6) is 0.888. The van der Waals surface area contributed by atoms with Gasteiger partial charge in [-0.3, -0.25) is 4.79 Å². The molecule has 0 N–H and O–H groups in total. The fourth-order valence-electron chi connectivity index (χ4n) is 4.42. The first-order valence-electron chi connectivity index (χ1n) is 10.9. The van der Waals surface area contributed by atoms with Gasteiger partial charge in [-0.1, -0.05) is 6.07 Å². The van der Waals surface area contributed by atoms with Crippen molar-refractivity contribution in [1.82, 2.24) is 4.57 Å². The molecule has 1 aromatic carbocycles. The van der Waals surface area contributed by atoms with Gasteiger partial charge < -0.3 is 18.8 Å². The van der Waals surface area contributed by atoms with Gasteiger partial charge in [0.1, 0.15) is 4.88 Å². The maximum atomic E-state index is 12.8. The molecule has 7 heteroatoms. The molecule has 0 radical (unpaired) electrons. The Hall–Kier alpha value is -3.06. The smallest absolute Gasteiger partial charge is 0.348 e. The second kappa shape index (κ2) is 8.47. The molecule has 3 aromatic rings. The first kappa shape index (κ1) is 20.8. The minimum Gasteiger partial charge on any atom is -0.454 e. The van der Waals surface area contributed by atoms with Gasteiger partial charge in [-0.25, -0.2) is 4.79 Å². The molecule has 0 saturated carbocycles. The van der Waals surface area contributed by atoms with Gasteiger partial charge in [-0.2, -0.15) is 0 Å². The van der Waals surface area contributed by atoms with Crippen molar-refractivity contribution in [2.45, 2.75) is 46.1 Å². The van der Waals surface area contributed by atoms with Crippen LogP contribution in [0.2, 0.25) is 0 Å². The van der Waals surface area contributed by atoms with Crippen molar-refractivity contribution in [1.29, 1.82) is 0 Å². The van der Waals surface area contributed by atoms with Crippen molar-refractivity contribution in [3.8, 4) is 11.5 Å². The zero-order chi connectivity index (χ0) is 22.2. The van der Waals surface area contributed by atoms with E-state index in [1.54, 1.807) is 0 Å².